The highest BCUT2D eigenvalue weighted by atomic mass is 32.2. The molecule has 0 N–H and O–H groups in total. The number of rotatable bonds is 2. The number of nitrogens with zero attached hydrogens (tertiary/aromatic N) is 3. The molecule has 0 aliphatic carbocycles. The number of benzene rings is 1. The molecule has 140 valence electrons. The van der Waals surface area contributed by atoms with E-state index in [0.29, 0.717) is 21.8 Å². The molecule has 4 rings (SSSR count). The fraction of sp³-hybridized carbons (Fsp3) is 0.222. The lowest BCUT2D eigenvalue weighted by Gasteiger charge is -2.12. The lowest BCUT2D eigenvalue weighted by Crippen LogP contribution is -2.34. The van der Waals surface area contributed by atoms with Crippen LogP contribution in [0, 0.1) is 11.6 Å². The third-order valence-corrected chi connectivity index (χ3v) is 7.80. The van der Waals surface area contributed by atoms with Gasteiger partial charge >= 0.3 is 0 Å². The van der Waals surface area contributed by atoms with Crippen molar-refractivity contribution in [3.8, 4) is 0 Å². The zero-order chi connectivity index (χ0) is 19.3. The highest BCUT2D eigenvalue weighted by molar-refractivity contribution is 8.08. The van der Waals surface area contributed by atoms with Crippen molar-refractivity contribution in [2.75, 3.05) is 11.9 Å². The molecule has 3 heterocycles. The number of thiazole rings is 2. The van der Waals surface area contributed by atoms with Crippen LogP contribution >= 0.6 is 34.4 Å². The molecule has 0 unspecified atom stereocenters. The molecule has 0 spiro atoms. The molecule has 2 aromatic heterocycles. The van der Waals surface area contributed by atoms with Crippen LogP contribution in [0.2, 0.25) is 0 Å². The van der Waals surface area contributed by atoms with Gasteiger partial charge in [0.05, 0.1) is 22.0 Å². The molecule has 0 saturated heterocycles. The minimum atomic E-state index is -0.882. The molecule has 3 aromatic rings. The van der Waals surface area contributed by atoms with Crippen molar-refractivity contribution in [2.45, 2.75) is 18.4 Å². The summed E-state index contributed by atoms with van der Waals surface area (Å²) < 4.78 is 32.9. The Morgan fingerprint density at radius 2 is 2.07 bits per heavy atom. The lowest BCUT2D eigenvalue weighted by molar-refractivity contribution is -0.668. The Balaban J connectivity index is 1.96. The van der Waals surface area contributed by atoms with Crippen LogP contribution in [0.3, 0.4) is 0 Å². The van der Waals surface area contributed by atoms with Gasteiger partial charge in [0.2, 0.25) is 0 Å². The number of hydrogen-bond donors (Lipinski definition) is 0. The van der Waals surface area contributed by atoms with E-state index in [1.54, 1.807) is 33.9 Å². The average molecular weight is 425 g/mol. The fourth-order valence-corrected chi connectivity index (χ4v) is 6.26. The average Bonchev–Trinajstić information content (AvgIpc) is 3.29. The van der Waals surface area contributed by atoms with Gasteiger partial charge in [-0.2, -0.15) is 4.57 Å². The van der Waals surface area contributed by atoms with Gasteiger partial charge in [-0.25, -0.2) is 8.78 Å². The first-order valence-electron chi connectivity index (χ1n) is 8.20. The summed E-state index contributed by atoms with van der Waals surface area (Å²) in [6, 6.07) is 2.65. The first-order valence-corrected chi connectivity index (χ1v) is 10.7. The molecule has 0 fully saturated rings. The number of hydrogen-bond acceptors (Lipinski definition) is 5. The minimum Gasteiger partial charge on any atom is -0.337 e. The van der Waals surface area contributed by atoms with E-state index in [0.717, 1.165) is 27.5 Å². The number of halogens is 2. The first-order chi connectivity index (χ1) is 12.9. The van der Waals surface area contributed by atoms with Crippen LogP contribution in [0.5, 0.6) is 0 Å². The van der Waals surface area contributed by atoms with Crippen molar-refractivity contribution in [1.29, 1.82) is 0 Å². The fourth-order valence-electron chi connectivity index (χ4n) is 2.91. The summed E-state index contributed by atoms with van der Waals surface area (Å²) in [6.07, 6.45) is 3.94. The van der Waals surface area contributed by atoms with E-state index >= 15 is 0 Å². The van der Waals surface area contributed by atoms with Gasteiger partial charge in [-0.15, -0.1) is 11.3 Å². The maximum atomic E-state index is 14.2. The second-order valence-electron chi connectivity index (χ2n) is 5.99. The monoisotopic (exact) mass is 424 g/mol. The van der Waals surface area contributed by atoms with Gasteiger partial charge < -0.3 is 4.90 Å². The van der Waals surface area contributed by atoms with Gasteiger partial charge in [-0.1, -0.05) is 23.1 Å². The standard InChI is InChI=1S/C18H16F2N3OS3/c1-4-23-13(9-12-21(2)7-8-25-12)26-16(17(23)24)18-22(3)11-6-5-10(19)14(20)15(11)27-18/h5-9H,4H2,1-3H3/q+1/b18-16+. The van der Waals surface area contributed by atoms with Crippen LogP contribution in [0.15, 0.2) is 33.4 Å². The number of anilines is 1. The smallest absolute Gasteiger partial charge is 0.271 e. The molecule has 0 bridgehead atoms. The molecular weight excluding hydrogens is 408 g/mol. The quantitative estimate of drug-likeness (QED) is 0.591. The maximum absolute atomic E-state index is 14.2. The van der Waals surface area contributed by atoms with Gasteiger partial charge in [0.25, 0.3) is 10.6 Å². The molecule has 0 amide bonds. The van der Waals surface area contributed by atoms with E-state index in [1.807, 2.05) is 36.2 Å². The summed E-state index contributed by atoms with van der Waals surface area (Å²) in [5.74, 6) is -1.75. The van der Waals surface area contributed by atoms with Gasteiger partial charge in [0.15, 0.2) is 17.8 Å². The zero-order valence-electron chi connectivity index (χ0n) is 14.8. The highest BCUT2D eigenvalue weighted by Crippen LogP contribution is 2.47. The van der Waals surface area contributed by atoms with E-state index in [1.165, 1.54) is 11.3 Å². The maximum Gasteiger partial charge on any atom is 0.271 e. The summed E-state index contributed by atoms with van der Waals surface area (Å²) in [7, 11) is 3.72. The zero-order valence-corrected chi connectivity index (χ0v) is 17.3. The Morgan fingerprint density at radius 1 is 1.30 bits per heavy atom. The Morgan fingerprint density at radius 3 is 2.74 bits per heavy atom. The van der Waals surface area contributed by atoms with Gasteiger partial charge in [0, 0.05) is 13.6 Å². The molecular formula is C18H16F2N3OS3+. The first kappa shape index (κ1) is 18.4. The number of aryl methyl sites for hydroxylation is 1. The predicted molar refractivity (Wildman–Crippen MR) is 107 cm³/mol. The largest absolute Gasteiger partial charge is 0.337 e. The normalized spacial score (nSPS) is 16.3. The molecule has 1 aliphatic heterocycles. The predicted octanol–water partition coefficient (Wildman–Crippen LogP) is 2.23. The lowest BCUT2D eigenvalue weighted by atomic mass is 10.3. The number of fused-ring (bicyclic) bond motifs is 1. The third kappa shape index (κ3) is 2.94. The van der Waals surface area contributed by atoms with Crippen molar-refractivity contribution in [3.05, 3.63) is 59.9 Å². The van der Waals surface area contributed by atoms with Crippen LogP contribution in [-0.2, 0) is 13.6 Å². The number of thioether (sulfide) groups is 1. The molecule has 9 heteroatoms. The molecule has 4 nitrogen and oxygen atoms in total. The summed E-state index contributed by atoms with van der Waals surface area (Å²) in [4.78, 5) is 15.0. The van der Waals surface area contributed by atoms with E-state index in [-0.39, 0.29) is 10.5 Å². The topological polar surface area (TPSA) is 29.1 Å². The van der Waals surface area contributed by atoms with Gasteiger partial charge in [0.1, 0.15) is 21.3 Å². The SMILES string of the molecule is CCn1c(=O)/c(=C2\Sc3c(ccc(F)c3F)N2C)s/c1=C\c1scc[n+]1C. The van der Waals surface area contributed by atoms with Crippen LogP contribution in [0.1, 0.15) is 11.9 Å². The Bertz CT molecular complexity index is 1230. The Kier molecular flexibility index (Phi) is 4.69. The van der Waals surface area contributed by atoms with Crippen LogP contribution < -0.4 is 24.2 Å². The molecule has 0 atom stereocenters. The summed E-state index contributed by atoms with van der Waals surface area (Å²) in [5.41, 5.74) is 0.455. The van der Waals surface area contributed by atoms with E-state index in [2.05, 4.69) is 0 Å². The molecule has 27 heavy (non-hydrogen) atoms. The van der Waals surface area contributed by atoms with Crippen LogP contribution in [-0.4, -0.2) is 11.6 Å². The van der Waals surface area contributed by atoms with E-state index in [9.17, 15) is 13.6 Å². The Labute approximate surface area is 166 Å². The molecule has 0 radical (unpaired) electrons. The van der Waals surface area contributed by atoms with Gasteiger partial charge in [-0.05, 0) is 19.1 Å². The summed E-state index contributed by atoms with van der Waals surface area (Å²) >= 11 is 4.07. The minimum absolute atomic E-state index is 0.115. The summed E-state index contributed by atoms with van der Waals surface area (Å²) in [6.45, 7) is 2.46. The molecule has 1 aliphatic rings. The number of aromatic nitrogens is 2. The van der Waals surface area contributed by atoms with E-state index < -0.39 is 11.6 Å². The van der Waals surface area contributed by atoms with Crippen LogP contribution in [0.4, 0.5) is 14.5 Å². The van der Waals surface area contributed by atoms with Crippen LogP contribution in [0.25, 0.3) is 11.1 Å². The Hall–Kier alpha value is -1.97. The molecule has 1 aromatic carbocycles. The van der Waals surface area contributed by atoms with Crippen molar-refractivity contribution in [1.82, 2.24) is 4.57 Å². The highest BCUT2D eigenvalue weighted by Gasteiger charge is 2.29. The van der Waals surface area contributed by atoms with Crippen molar-refractivity contribution < 1.29 is 13.3 Å². The van der Waals surface area contributed by atoms with E-state index in [4.69, 9.17) is 0 Å². The van der Waals surface area contributed by atoms with Crippen molar-refractivity contribution in [2.24, 2.45) is 7.05 Å². The van der Waals surface area contributed by atoms with Gasteiger partial charge in [-0.3, -0.25) is 9.36 Å². The third-order valence-electron chi connectivity index (χ3n) is 4.38. The van der Waals surface area contributed by atoms with Crippen molar-refractivity contribution >= 4 is 51.2 Å². The van der Waals surface area contributed by atoms with Crippen molar-refractivity contribution in [3.63, 3.8) is 0 Å². The second kappa shape index (κ2) is 6.88. The summed E-state index contributed by atoms with van der Waals surface area (Å²) in [5, 5.41) is 3.64. The second-order valence-corrected chi connectivity index (χ2v) is 8.95. The molecule has 0 saturated carbocycles.